The van der Waals surface area contributed by atoms with Gasteiger partial charge >= 0.3 is 6.18 Å². The number of halogens is 3. The van der Waals surface area contributed by atoms with Gasteiger partial charge in [-0.05, 0) is 35.4 Å². The van der Waals surface area contributed by atoms with Crippen LogP contribution in [0, 0.1) is 0 Å². The summed E-state index contributed by atoms with van der Waals surface area (Å²) < 4.78 is 53.5. The topological polar surface area (TPSA) is 80.2 Å². The van der Waals surface area contributed by atoms with E-state index in [1.807, 2.05) is 0 Å². The summed E-state index contributed by atoms with van der Waals surface area (Å²) in [5.74, 6) is 1.24. The fraction of sp³-hybridized carbons (Fsp3) is 0.368. The Hall–Kier alpha value is -2.49. The van der Waals surface area contributed by atoms with E-state index in [1.54, 1.807) is 12.1 Å². The van der Waals surface area contributed by atoms with Gasteiger partial charge in [0.25, 0.3) is 0 Å². The molecule has 9 heteroatoms. The van der Waals surface area contributed by atoms with E-state index in [0.29, 0.717) is 28.4 Å². The summed E-state index contributed by atoms with van der Waals surface area (Å²) in [5.41, 5.74) is 0.299. The smallest absolute Gasteiger partial charge is 0.416 e. The lowest BCUT2D eigenvalue weighted by Crippen LogP contribution is -2.31. The van der Waals surface area contributed by atoms with Crippen molar-refractivity contribution in [1.82, 2.24) is 5.32 Å². The van der Waals surface area contributed by atoms with E-state index < -0.39 is 23.9 Å². The monoisotopic (exact) mass is 399 g/mol. The minimum Gasteiger partial charge on any atom is -0.493 e. The predicted molar refractivity (Wildman–Crippen MR) is 93.2 cm³/mol. The van der Waals surface area contributed by atoms with Crippen molar-refractivity contribution in [2.24, 2.45) is 0 Å². The second-order valence-electron chi connectivity index (χ2n) is 6.29. The first kappa shape index (κ1) is 20.2. The second-order valence-corrected chi connectivity index (χ2v) is 6.29. The predicted octanol–water partition coefficient (Wildman–Crippen LogP) is 2.63. The number of fused-ring (bicyclic) bond motifs is 1. The third-order valence-electron chi connectivity index (χ3n) is 4.35. The molecule has 0 saturated heterocycles. The number of nitrogens with one attached hydrogen (secondary N) is 1. The highest BCUT2D eigenvalue weighted by molar-refractivity contribution is 5.55. The molecule has 0 fully saturated rings. The fourth-order valence-corrected chi connectivity index (χ4v) is 2.83. The normalized spacial score (nSPS) is 15.4. The Morgan fingerprint density at radius 3 is 2.50 bits per heavy atom. The van der Waals surface area contributed by atoms with E-state index in [-0.39, 0.29) is 19.9 Å². The van der Waals surface area contributed by atoms with Gasteiger partial charge in [0.2, 0.25) is 12.5 Å². The van der Waals surface area contributed by atoms with Crippen molar-refractivity contribution in [3.63, 3.8) is 0 Å². The van der Waals surface area contributed by atoms with Gasteiger partial charge in [0.05, 0.1) is 18.8 Å². The molecule has 0 saturated carbocycles. The maximum absolute atomic E-state index is 12.6. The minimum atomic E-state index is -4.38. The van der Waals surface area contributed by atoms with E-state index in [2.05, 4.69) is 5.32 Å². The summed E-state index contributed by atoms with van der Waals surface area (Å²) in [6.07, 6.45) is -6.75. The van der Waals surface area contributed by atoms with Crippen molar-refractivity contribution < 1.29 is 37.6 Å². The summed E-state index contributed by atoms with van der Waals surface area (Å²) >= 11 is 0. The molecule has 0 aliphatic carbocycles. The van der Waals surface area contributed by atoms with Gasteiger partial charge in [0.1, 0.15) is 6.10 Å². The van der Waals surface area contributed by atoms with Crippen LogP contribution in [0.15, 0.2) is 36.4 Å². The van der Waals surface area contributed by atoms with Crippen LogP contribution in [0.1, 0.15) is 22.8 Å². The lowest BCUT2D eigenvalue weighted by Gasteiger charge is -2.20. The first-order valence-electron chi connectivity index (χ1n) is 8.50. The van der Waals surface area contributed by atoms with Crippen molar-refractivity contribution in [2.75, 3.05) is 20.4 Å². The molecular formula is C19H20F3NO5. The molecule has 0 aromatic heterocycles. The highest BCUT2D eigenvalue weighted by atomic mass is 19.4. The Labute approximate surface area is 159 Å². The van der Waals surface area contributed by atoms with E-state index >= 15 is 0 Å². The van der Waals surface area contributed by atoms with Gasteiger partial charge < -0.3 is 29.7 Å². The maximum Gasteiger partial charge on any atom is 0.416 e. The fourth-order valence-electron chi connectivity index (χ4n) is 2.83. The summed E-state index contributed by atoms with van der Waals surface area (Å²) in [6.45, 7) is 0.313. The van der Waals surface area contributed by atoms with E-state index in [4.69, 9.17) is 14.2 Å². The average molecular weight is 399 g/mol. The number of hydrogen-bond acceptors (Lipinski definition) is 6. The molecule has 2 aromatic carbocycles. The Morgan fingerprint density at radius 1 is 1.14 bits per heavy atom. The van der Waals surface area contributed by atoms with Crippen LogP contribution in [-0.4, -0.2) is 36.8 Å². The van der Waals surface area contributed by atoms with Crippen LogP contribution in [0.25, 0.3) is 0 Å². The van der Waals surface area contributed by atoms with E-state index in [0.717, 1.165) is 12.1 Å². The molecule has 0 radical (unpaired) electrons. The third-order valence-corrected chi connectivity index (χ3v) is 4.35. The van der Waals surface area contributed by atoms with Gasteiger partial charge in [-0.15, -0.1) is 0 Å². The quantitative estimate of drug-likeness (QED) is 0.664. The van der Waals surface area contributed by atoms with Crippen molar-refractivity contribution >= 4 is 0 Å². The standard InChI is InChI=1S/C19H20F3NO5/c1-26-15-6-12(7-16-18(15)28-10-27-16)17(25)14(24)9-23-8-11-2-4-13(5-3-11)19(20,21)22/h2-7,14,17,23-25H,8-10H2,1H3/t14-,17+/m0/s1. The summed E-state index contributed by atoms with van der Waals surface area (Å²) in [6, 6.07) is 7.84. The number of aliphatic hydroxyl groups is 2. The van der Waals surface area contributed by atoms with Crippen LogP contribution in [0.4, 0.5) is 13.2 Å². The first-order chi connectivity index (χ1) is 13.3. The van der Waals surface area contributed by atoms with Gasteiger partial charge in [0, 0.05) is 13.1 Å². The maximum atomic E-state index is 12.6. The Morgan fingerprint density at radius 2 is 1.86 bits per heavy atom. The highest BCUT2D eigenvalue weighted by Crippen LogP contribution is 2.43. The van der Waals surface area contributed by atoms with Crippen LogP contribution >= 0.6 is 0 Å². The van der Waals surface area contributed by atoms with Crippen molar-refractivity contribution in [2.45, 2.75) is 24.9 Å². The lowest BCUT2D eigenvalue weighted by molar-refractivity contribution is -0.137. The number of ether oxygens (including phenoxy) is 3. The van der Waals surface area contributed by atoms with Gasteiger partial charge in [0.15, 0.2) is 11.5 Å². The Bertz CT molecular complexity index is 810. The minimum absolute atomic E-state index is 0.0267. The molecule has 3 rings (SSSR count). The molecule has 0 amide bonds. The third kappa shape index (κ3) is 4.49. The number of aliphatic hydroxyl groups excluding tert-OH is 2. The molecule has 2 atom stereocenters. The molecule has 1 aliphatic heterocycles. The van der Waals surface area contributed by atoms with Gasteiger partial charge in [-0.1, -0.05) is 12.1 Å². The van der Waals surface area contributed by atoms with Gasteiger partial charge in [-0.2, -0.15) is 13.2 Å². The SMILES string of the molecule is COc1cc([C@@H](O)[C@@H](O)CNCc2ccc(C(F)(F)F)cc2)cc2c1OCO2. The van der Waals surface area contributed by atoms with E-state index in [9.17, 15) is 23.4 Å². The van der Waals surface area contributed by atoms with Crippen LogP contribution in [-0.2, 0) is 12.7 Å². The zero-order valence-electron chi connectivity index (χ0n) is 15.0. The largest absolute Gasteiger partial charge is 0.493 e. The molecule has 2 aromatic rings. The summed E-state index contributed by atoms with van der Waals surface area (Å²) in [4.78, 5) is 0. The van der Waals surface area contributed by atoms with Crippen LogP contribution in [0.3, 0.4) is 0 Å². The molecule has 3 N–H and O–H groups in total. The molecular weight excluding hydrogens is 379 g/mol. The number of hydrogen-bond donors (Lipinski definition) is 3. The first-order valence-corrected chi connectivity index (χ1v) is 8.50. The second kappa shape index (κ2) is 8.26. The van der Waals surface area contributed by atoms with Gasteiger partial charge in [-0.25, -0.2) is 0 Å². The molecule has 1 aliphatic rings. The van der Waals surface area contributed by atoms with Crippen LogP contribution < -0.4 is 19.5 Å². The Kier molecular flexibility index (Phi) is 5.97. The molecule has 6 nitrogen and oxygen atoms in total. The molecule has 0 bridgehead atoms. The van der Waals surface area contributed by atoms with Crippen molar-refractivity contribution in [3.05, 3.63) is 53.1 Å². The number of methoxy groups -OCH3 is 1. The highest BCUT2D eigenvalue weighted by Gasteiger charge is 2.30. The number of rotatable bonds is 7. The van der Waals surface area contributed by atoms with Crippen LogP contribution in [0.2, 0.25) is 0 Å². The average Bonchev–Trinajstić information content (AvgIpc) is 3.15. The lowest BCUT2D eigenvalue weighted by atomic mass is 10.0. The van der Waals surface area contributed by atoms with Gasteiger partial charge in [-0.3, -0.25) is 0 Å². The summed E-state index contributed by atoms with van der Waals surface area (Å²) in [7, 11) is 1.45. The molecule has 28 heavy (non-hydrogen) atoms. The molecule has 152 valence electrons. The molecule has 0 unspecified atom stereocenters. The number of benzene rings is 2. The zero-order chi connectivity index (χ0) is 20.3. The zero-order valence-corrected chi connectivity index (χ0v) is 15.0. The van der Waals surface area contributed by atoms with E-state index in [1.165, 1.54) is 19.2 Å². The van der Waals surface area contributed by atoms with Crippen molar-refractivity contribution in [1.29, 1.82) is 0 Å². The Balaban J connectivity index is 1.57. The van der Waals surface area contributed by atoms with Crippen LogP contribution in [0.5, 0.6) is 17.2 Å². The molecule has 0 spiro atoms. The molecule has 1 heterocycles. The van der Waals surface area contributed by atoms with Crippen molar-refractivity contribution in [3.8, 4) is 17.2 Å². The summed E-state index contributed by atoms with van der Waals surface area (Å²) in [5, 5.41) is 23.5. The number of alkyl halides is 3.